The Balaban J connectivity index is 1.78. The Labute approximate surface area is 117 Å². The molecule has 2 heterocycles. The molecule has 108 valence electrons. The molecule has 0 aliphatic heterocycles. The number of aromatic nitrogens is 4. The van der Waals surface area contributed by atoms with Crippen molar-refractivity contribution < 1.29 is 9.15 Å². The van der Waals surface area contributed by atoms with Crippen molar-refractivity contribution in [1.82, 2.24) is 25.5 Å². The maximum Gasteiger partial charge on any atom is 0.315 e. The molecule has 0 radical (unpaired) electrons. The Morgan fingerprint density at radius 1 is 1.30 bits per heavy atom. The van der Waals surface area contributed by atoms with Crippen LogP contribution in [0.2, 0.25) is 0 Å². The highest BCUT2D eigenvalue weighted by Gasteiger charge is 2.05. The summed E-state index contributed by atoms with van der Waals surface area (Å²) in [5.74, 6) is 1.26. The lowest BCUT2D eigenvalue weighted by Crippen LogP contribution is -2.18. The van der Waals surface area contributed by atoms with Crippen LogP contribution in [0.25, 0.3) is 0 Å². The zero-order valence-electron chi connectivity index (χ0n) is 11.6. The van der Waals surface area contributed by atoms with Crippen molar-refractivity contribution in [1.29, 1.82) is 0 Å². The standard InChI is InChI=1S/C12H18N6O2/c1-9-14-4-3-10(16-9)7-15-12-18-17-11(20-12)8-13-5-6-19-2/h3-4,13H,5-8H2,1-2H3,(H,15,18). The van der Waals surface area contributed by atoms with E-state index in [-0.39, 0.29) is 0 Å². The van der Waals surface area contributed by atoms with Gasteiger partial charge in [0.05, 0.1) is 25.4 Å². The van der Waals surface area contributed by atoms with E-state index in [0.717, 1.165) is 18.1 Å². The lowest BCUT2D eigenvalue weighted by atomic mass is 10.4. The molecule has 0 aromatic carbocycles. The van der Waals surface area contributed by atoms with Crippen LogP contribution >= 0.6 is 0 Å². The number of hydrogen-bond acceptors (Lipinski definition) is 8. The molecular formula is C12H18N6O2. The summed E-state index contributed by atoms with van der Waals surface area (Å²) in [4.78, 5) is 8.31. The first-order valence-corrected chi connectivity index (χ1v) is 6.32. The lowest BCUT2D eigenvalue weighted by molar-refractivity contribution is 0.198. The fourth-order valence-electron chi connectivity index (χ4n) is 1.54. The highest BCUT2D eigenvalue weighted by Crippen LogP contribution is 2.06. The average Bonchev–Trinajstić information content (AvgIpc) is 2.89. The van der Waals surface area contributed by atoms with Gasteiger partial charge in [-0.2, -0.15) is 0 Å². The van der Waals surface area contributed by atoms with Crippen molar-refractivity contribution in [3.63, 3.8) is 0 Å². The summed E-state index contributed by atoms with van der Waals surface area (Å²) in [5.41, 5.74) is 0.871. The molecule has 0 unspecified atom stereocenters. The van der Waals surface area contributed by atoms with E-state index in [0.29, 0.717) is 31.6 Å². The van der Waals surface area contributed by atoms with E-state index in [1.54, 1.807) is 13.3 Å². The Morgan fingerprint density at radius 2 is 2.20 bits per heavy atom. The molecule has 8 heteroatoms. The maximum absolute atomic E-state index is 5.44. The van der Waals surface area contributed by atoms with Crippen LogP contribution in [0.1, 0.15) is 17.4 Å². The molecule has 20 heavy (non-hydrogen) atoms. The second kappa shape index (κ2) is 7.51. The molecule has 2 N–H and O–H groups in total. The van der Waals surface area contributed by atoms with Crippen LogP contribution in [0.3, 0.4) is 0 Å². The van der Waals surface area contributed by atoms with Gasteiger partial charge in [0, 0.05) is 19.9 Å². The molecule has 8 nitrogen and oxygen atoms in total. The largest absolute Gasteiger partial charge is 0.407 e. The molecule has 0 saturated carbocycles. The quantitative estimate of drug-likeness (QED) is 0.674. The van der Waals surface area contributed by atoms with Gasteiger partial charge in [0.1, 0.15) is 5.82 Å². The Morgan fingerprint density at radius 3 is 3.00 bits per heavy atom. The second-order valence-electron chi connectivity index (χ2n) is 4.12. The predicted octanol–water partition coefficient (Wildman–Crippen LogP) is 0.516. The minimum atomic E-state index is 0.379. The number of aryl methyl sites for hydroxylation is 1. The molecule has 0 spiro atoms. The van der Waals surface area contributed by atoms with Crippen molar-refractivity contribution in [3.8, 4) is 0 Å². The van der Waals surface area contributed by atoms with E-state index in [2.05, 4.69) is 30.8 Å². The van der Waals surface area contributed by atoms with Crippen molar-refractivity contribution >= 4 is 6.01 Å². The van der Waals surface area contributed by atoms with Crippen LogP contribution in [-0.4, -0.2) is 40.4 Å². The van der Waals surface area contributed by atoms with Gasteiger partial charge in [0.15, 0.2) is 0 Å². The first-order valence-electron chi connectivity index (χ1n) is 6.32. The van der Waals surface area contributed by atoms with E-state index in [4.69, 9.17) is 9.15 Å². The van der Waals surface area contributed by atoms with Crippen LogP contribution in [0, 0.1) is 6.92 Å². The lowest BCUT2D eigenvalue weighted by Gasteiger charge is -2.01. The van der Waals surface area contributed by atoms with Gasteiger partial charge in [-0.1, -0.05) is 5.10 Å². The summed E-state index contributed by atoms with van der Waals surface area (Å²) in [6, 6.07) is 2.22. The number of rotatable bonds is 8. The molecule has 0 fully saturated rings. The van der Waals surface area contributed by atoms with Crippen LogP contribution in [0.5, 0.6) is 0 Å². The van der Waals surface area contributed by atoms with Gasteiger partial charge >= 0.3 is 6.01 Å². The Bertz CT molecular complexity index is 530. The summed E-state index contributed by atoms with van der Waals surface area (Å²) in [6.45, 7) is 4.26. The van der Waals surface area contributed by atoms with Crippen LogP contribution in [0.4, 0.5) is 6.01 Å². The van der Waals surface area contributed by atoms with E-state index in [9.17, 15) is 0 Å². The minimum absolute atomic E-state index is 0.379. The van der Waals surface area contributed by atoms with Gasteiger partial charge < -0.3 is 19.8 Å². The fourth-order valence-corrected chi connectivity index (χ4v) is 1.54. The van der Waals surface area contributed by atoms with Gasteiger partial charge in [-0.05, 0) is 13.0 Å². The SMILES string of the molecule is COCCNCc1nnc(NCc2ccnc(C)n2)o1. The fraction of sp³-hybridized carbons (Fsp3) is 0.500. The van der Waals surface area contributed by atoms with Crippen molar-refractivity contribution in [2.45, 2.75) is 20.0 Å². The number of methoxy groups -OCH3 is 1. The summed E-state index contributed by atoms with van der Waals surface area (Å²) in [5, 5.41) is 14.0. The molecule has 2 aromatic heterocycles. The Kier molecular flexibility index (Phi) is 5.39. The van der Waals surface area contributed by atoms with Crippen LogP contribution < -0.4 is 10.6 Å². The topological polar surface area (TPSA) is 98.0 Å². The van der Waals surface area contributed by atoms with Gasteiger partial charge in [0.2, 0.25) is 5.89 Å². The molecule has 0 atom stereocenters. The second-order valence-corrected chi connectivity index (χ2v) is 4.12. The molecule has 2 rings (SSSR count). The first-order chi connectivity index (χ1) is 9.78. The number of nitrogens with one attached hydrogen (secondary N) is 2. The van der Waals surface area contributed by atoms with E-state index >= 15 is 0 Å². The third kappa shape index (κ3) is 4.56. The summed E-state index contributed by atoms with van der Waals surface area (Å²) >= 11 is 0. The Hall–Kier alpha value is -2.06. The van der Waals surface area contributed by atoms with Crippen molar-refractivity contribution in [2.24, 2.45) is 0 Å². The molecule has 0 saturated heterocycles. The number of nitrogens with zero attached hydrogens (tertiary/aromatic N) is 4. The third-order valence-corrected chi connectivity index (χ3v) is 2.48. The smallest absolute Gasteiger partial charge is 0.315 e. The van der Waals surface area contributed by atoms with E-state index in [1.807, 2.05) is 13.0 Å². The summed E-state index contributed by atoms with van der Waals surface area (Å²) in [7, 11) is 1.66. The van der Waals surface area contributed by atoms with Gasteiger partial charge in [-0.3, -0.25) is 0 Å². The van der Waals surface area contributed by atoms with E-state index in [1.165, 1.54) is 0 Å². The molecule has 0 bridgehead atoms. The normalized spacial score (nSPS) is 10.7. The zero-order valence-corrected chi connectivity index (χ0v) is 11.6. The summed E-state index contributed by atoms with van der Waals surface area (Å²) < 4.78 is 10.4. The van der Waals surface area contributed by atoms with Crippen molar-refractivity contribution in [2.75, 3.05) is 25.6 Å². The van der Waals surface area contributed by atoms with Gasteiger partial charge in [-0.25, -0.2) is 9.97 Å². The predicted molar refractivity (Wildman–Crippen MR) is 72.0 cm³/mol. The third-order valence-electron chi connectivity index (χ3n) is 2.48. The maximum atomic E-state index is 5.44. The number of anilines is 1. The van der Waals surface area contributed by atoms with Crippen LogP contribution in [0.15, 0.2) is 16.7 Å². The summed E-state index contributed by atoms with van der Waals surface area (Å²) in [6.07, 6.45) is 1.72. The monoisotopic (exact) mass is 278 g/mol. The zero-order chi connectivity index (χ0) is 14.2. The molecule has 0 amide bonds. The highest BCUT2D eigenvalue weighted by atomic mass is 16.5. The highest BCUT2D eigenvalue weighted by molar-refractivity contribution is 5.19. The molecule has 0 aliphatic carbocycles. The number of hydrogen-bond donors (Lipinski definition) is 2. The minimum Gasteiger partial charge on any atom is -0.407 e. The molecular weight excluding hydrogens is 260 g/mol. The first kappa shape index (κ1) is 14.4. The number of ether oxygens (including phenoxy) is 1. The molecule has 2 aromatic rings. The van der Waals surface area contributed by atoms with Gasteiger partial charge in [0.25, 0.3) is 0 Å². The van der Waals surface area contributed by atoms with E-state index < -0.39 is 0 Å². The van der Waals surface area contributed by atoms with Crippen LogP contribution in [-0.2, 0) is 17.8 Å². The average molecular weight is 278 g/mol. The van der Waals surface area contributed by atoms with Gasteiger partial charge in [-0.15, -0.1) is 5.10 Å². The molecule has 0 aliphatic rings. The van der Waals surface area contributed by atoms with Crippen molar-refractivity contribution in [3.05, 3.63) is 29.7 Å².